The van der Waals surface area contributed by atoms with Crippen molar-refractivity contribution in [3.63, 3.8) is 0 Å². The van der Waals surface area contributed by atoms with Gasteiger partial charge in [-0.25, -0.2) is 9.59 Å². The summed E-state index contributed by atoms with van der Waals surface area (Å²) < 4.78 is 18.4. The van der Waals surface area contributed by atoms with Crippen molar-refractivity contribution in [2.45, 2.75) is 0 Å². The number of oxime groups is 1. The molecule has 0 atom stereocenters. The molecule has 0 aliphatic heterocycles. The van der Waals surface area contributed by atoms with Crippen LogP contribution in [0.15, 0.2) is 23.4 Å². The molecule has 0 aromatic heterocycles. The Kier molecular flexibility index (Phi) is 6.85. The number of nitrogens with zero attached hydrogens (tertiary/aromatic N) is 1. The molecule has 0 spiro atoms. The first kappa shape index (κ1) is 17.8. The van der Waals surface area contributed by atoms with E-state index < -0.39 is 18.2 Å². The number of carbonyl (C=O) groups is 3. The molecule has 0 heterocycles. The highest BCUT2D eigenvalue weighted by Gasteiger charge is 2.15. The minimum atomic E-state index is -1.02. The third-order valence-electron chi connectivity index (χ3n) is 2.17. The number of benzene rings is 1. The van der Waals surface area contributed by atoms with Gasteiger partial charge in [0.25, 0.3) is 5.91 Å². The van der Waals surface area contributed by atoms with Crippen LogP contribution in [0.1, 0.15) is 5.56 Å². The van der Waals surface area contributed by atoms with Gasteiger partial charge in [-0.2, -0.15) is 0 Å². The summed E-state index contributed by atoms with van der Waals surface area (Å²) in [5, 5.41) is 3.50. The van der Waals surface area contributed by atoms with Crippen molar-refractivity contribution in [1.29, 1.82) is 0 Å². The fraction of sp³-hybridized carbons (Fsp3) is 0.231. The molecule has 0 unspecified atom stereocenters. The summed E-state index contributed by atoms with van der Waals surface area (Å²) in [7, 11) is 2.24. The molecule has 0 saturated heterocycles. The standard InChI is InChI=1S/C13H14N2O8/c1-19-12(17)22-9-4-3-8(6-15-21-7-11(14)16)5-10(9)23-13(18)20-2/h3-6H,7H2,1-2H3,(H2,14,16)/b15-6-. The zero-order valence-electron chi connectivity index (χ0n) is 12.3. The first-order valence-electron chi connectivity index (χ1n) is 6.05. The summed E-state index contributed by atoms with van der Waals surface area (Å²) in [6.45, 7) is -0.383. The van der Waals surface area contributed by atoms with Crippen LogP contribution in [0.3, 0.4) is 0 Å². The minimum Gasteiger partial charge on any atom is -0.437 e. The van der Waals surface area contributed by atoms with Gasteiger partial charge in [0.1, 0.15) is 0 Å². The molecule has 0 radical (unpaired) electrons. The Morgan fingerprint density at radius 3 is 2.26 bits per heavy atom. The van der Waals surface area contributed by atoms with Crippen molar-refractivity contribution in [2.75, 3.05) is 20.8 Å². The van der Waals surface area contributed by atoms with Crippen LogP contribution in [0.4, 0.5) is 9.59 Å². The van der Waals surface area contributed by atoms with Crippen LogP contribution in [0.5, 0.6) is 11.5 Å². The number of nitrogens with two attached hydrogens (primary N) is 1. The maximum atomic E-state index is 11.2. The molecule has 124 valence electrons. The topological polar surface area (TPSA) is 136 Å². The summed E-state index contributed by atoms with van der Waals surface area (Å²) in [6, 6.07) is 4.15. The lowest BCUT2D eigenvalue weighted by molar-refractivity contribution is -0.122. The van der Waals surface area contributed by atoms with E-state index in [1.165, 1.54) is 24.4 Å². The number of hydrogen-bond acceptors (Lipinski definition) is 9. The van der Waals surface area contributed by atoms with Gasteiger partial charge in [-0.15, -0.1) is 0 Å². The third kappa shape index (κ3) is 6.33. The Bertz CT molecular complexity index is 614. The van der Waals surface area contributed by atoms with Crippen molar-refractivity contribution >= 4 is 24.4 Å². The van der Waals surface area contributed by atoms with Gasteiger partial charge < -0.3 is 29.5 Å². The molecular weight excluding hydrogens is 312 g/mol. The van der Waals surface area contributed by atoms with Crippen molar-refractivity contribution in [2.24, 2.45) is 10.9 Å². The third-order valence-corrected chi connectivity index (χ3v) is 2.17. The smallest absolute Gasteiger partial charge is 0.437 e. The van der Waals surface area contributed by atoms with Crippen LogP contribution in [0, 0.1) is 0 Å². The van der Waals surface area contributed by atoms with Gasteiger partial charge in [-0.1, -0.05) is 5.16 Å². The first-order chi connectivity index (χ1) is 11.0. The van der Waals surface area contributed by atoms with Crippen LogP contribution in [0.2, 0.25) is 0 Å². The van der Waals surface area contributed by atoms with Gasteiger partial charge in [0.2, 0.25) is 0 Å². The summed E-state index contributed by atoms with van der Waals surface area (Å²) in [4.78, 5) is 37.4. The largest absolute Gasteiger partial charge is 0.513 e. The number of primary amides is 1. The molecule has 0 fully saturated rings. The highest BCUT2D eigenvalue weighted by atomic mass is 16.7. The molecule has 1 rings (SSSR count). The number of amides is 1. The monoisotopic (exact) mass is 326 g/mol. The average Bonchev–Trinajstić information content (AvgIpc) is 2.53. The average molecular weight is 326 g/mol. The number of carbonyl (C=O) groups excluding carboxylic acids is 3. The summed E-state index contributed by atoms with van der Waals surface area (Å²) in [5.41, 5.74) is 5.30. The Hall–Kier alpha value is -3.30. The van der Waals surface area contributed by atoms with Crippen LogP contribution in [0.25, 0.3) is 0 Å². The van der Waals surface area contributed by atoms with Crippen LogP contribution >= 0.6 is 0 Å². The predicted octanol–water partition coefficient (Wildman–Crippen LogP) is 0.813. The zero-order chi connectivity index (χ0) is 17.2. The fourth-order valence-corrected chi connectivity index (χ4v) is 1.23. The quantitative estimate of drug-likeness (QED) is 0.351. The molecule has 23 heavy (non-hydrogen) atoms. The molecule has 0 aliphatic rings. The zero-order valence-corrected chi connectivity index (χ0v) is 12.3. The Morgan fingerprint density at radius 2 is 1.70 bits per heavy atom. The number of methoxy groups -OCH3 is 2. The van der Waals surface area contributed by atoms with E-state index in [2.05, 4.69) is 19.5 Å². The Labute approximate surface area is 130 Å². The van der Waals surface area contributed by atoms with Crippen molar-refractivity contribution in [3.8, 4) is 11.5 Å². The van der Waals surface area contributed by atoms with Crippen molar-refractivity contribution in [3.05, 3.63) is 23.8 Å². The normalized spacial score (nSPS) is 10.0. The van der Waals surface area contributed by atoms with E-state index in [1.54, 1.807) is 0 Å². The molecule has 0 saturated carbocycles. The van der Waals surface area contributed by atoms with E-state index in [1.807, 2.05) is 0 Å². The molecular formula is C13H14N2O8. The van der Waals surface area contributed by atoms with Crippen LogP contribution < -0.4 is 15.2 Å². The molecule has 0 aliphatic carbocycles. The molecule has 1 amide bonds. The van der Waals surface area contributed by atoms with Crippen molar-refractivity contribution < 1.29 is 38.2 Å². The summed E-state index contributed by atoms with van der Waals surface area (Å²) >= 11 is 0. The van der Waals surface area contributed by atoms with Crippen LogP contribution in [-0.2, 0) is 19.1 Å². The van der Waals surface area contributed by atoms with Gasteiger partial charge in [-0.05, 0) is 18.2 Å². The molecule has 1 aromatic rings. The lowest BCUT2D eigenvalue weighted by Crippen LogP contribution is -2.16. The van der Waals surface area contributed by atoms with Gasteiger partial charge in [0.05, 0.1) is 20.4 Å². The SMILES string of the molecule is COC(=O)Oc1ccc(/C=N\OCC(N)=O)cc1OC(=O)OC. The summed E-state index contributed by atoms with van der Waals surface area (Å²) in [5.74, 6) is -0.864. The number of ether oxygens (including phenoxy) is 4. The van der Waals surface area contributed by atoms with E-state index >= 15 is 0 Å². The van der Waals surface area contributed by atoms with E-state index in [4.69, 9.17) is 15.2 Å². The maximum absolute atomic E-state index is 11.2. The number of hydrogen-bond donors (Lipinski definition) is 1. The van der Waals surface area contributed by atoms with Gasteiger partial charge in [0, 0.05) is 5.56 Å². The molecule has 10 nitrogen and oxygen atoms in total. The lowest BCUT2D eigenvalue weighted by Gasteiger charge is -2.09. The highest BCUT2D eigenvalue weighted by molar-refractivity contribution is 5.82. The Morgan fingerprint density at radius 1 is 1.09 bits per heavy atom. The highest BCUT2D eigenvalue weighted by Crippen LogP contribution is 2.28. The fourth-order valence-electron chi connectivity index (χ4n) is 1.23. The van der Waals surface area contributed by atoms with Crippen molar-refractivity contribution in [1.82, 2.24) is 0 Å². The van der Waals surface area contributed by atoms with E-state index in [0.717, 1.165) is 14.2 Å². The maximum Gasteiger partial charge on any atom is 0.513 e. The minimum absolute atomic E-state index is 0.0718. The van der Waals surface area contributed by atoms with E-state index in [-0.39, 0.29) is 18.1 Å². The van der Waals surface area contributed by atoms with Crippen LogP contribution in [-0.4, -0.2) is 45.3 Å². The molecule has 1 aromatic carbocycles. The van der Waals surface area contributed by atoms with E-state index in [9.17, 15) is 14.4 Å². The molecule has 10 heteroatoms. The second kappa shape index (κ2) is 8.87. The second-order valence-corrected chi connectivity index (χ2v) is 3.79. The van der Waals surface area contributed by atoms with Gasteiger partial charge in [-0.3, -0.25) is 4.79 Å². The van der Waals surface area contributed by atoms with E-state index in [0.29, 0.717) is 5.56 Å². The second-order valence-electron chi connectivity index (χ2n) is 3.79. The lowest BCUT2D eigenvalue weighted by atomic mass is 10.2. The van der Waals surface area contributed by atoms with Gasteiger partial charge in [0.15, 0.2) is 18.1 Å². The Balaban J connectivity index is 2.93. The molecule has 2 N–H and O–H groups in total. The first-order valence-corrected chi connectivity index (χ1v) is 6.05. The molecule has 0 bridgehead atoms. The predicted molar refractivity (Wildman–Crippen MR) is 75.2 cm³/mol. The van der Waals surface area contributed by atoms with Gasteiger partial charge >= 0.3 is 12.3 Å². The summed E-state index contributed by atoms with van der Waals surface area (Å²) in [6.07, 6.45) is -0.778. The number of rotatable bonds is 6.